The number of aliphatic carboxylic acids is 1. The summed E-state index contributed by atoms with van der Waals surface area (Å²) in [4.78, 5) is 21.9. The maximum Gasteiger partial charge on any atom is 0.325 e. The van der Waals surface area contributed by atoms with E-state index in [4.69, 9.17) is 21.4 Å². The highest BCUT2D eigenvalue weighted by Crippen LogP contribution is 2.24. The smallest absolute Gasteiger partial charge is 0.325 e. The van der Waals surface area contributed by atoms with Crippen molar-refractivity contribution in [1.82, 2.24) is 5.32 Å². The normalized spacial score (nSPS) is 11.7. The fourth-order valence-corrected chi connectivity index (χ4v) is 1.38. The standard InChI is InChI=1S/C12H14ClNO4/c1-7-3-4-9(13)10(5-7)18-6-11(15)14-8(2)12(16)17/h3-5,8H,6H2,1-2H3,(H,14,15)(H,16,17)/t8-/m0/s1. The first-order valence-electron chi connectivity index (χ1n) is 5.31. The summed E-state index contributed by atoms with van der Waals surface area (Å²) in [7, 11) is 0. The van der Waals surface area contributed by atoms with E-state index in [1.54, 1.807) is 12.1 Å². The average molecular weight is 272 g/mol. The number of hydrogen-bond donors (Lipinski definition) is 2. The number of carbonyl (C=O) groups is 2. The fourth-order valence-electron chi connectivity index (χ4n) is 1.21. The summed E-state index contributed by atoms with van der Waals surface area (Å²) in [6.07, 6.45) is 0. The van der Waals surface area contributed by atoms with Crippen LogP contribution in [-0.2, 0) is 9.59 Å². The topological polar surface area (TPSA) is 75.6 Å². The maximum absolute atomic E-state index is 11.4. The van der Waals surface area contributed by atoms with E-state index >= 15 is 0 Å². The molecule has 0 saturated carbocycles. The average Bonchev–Trinajstić information content (AvgIpc) is 2.30. The number of carbonyl (C=O) groups excluding carboxylic acids is 1. The van der Waals surface area contributed by atoms with Crippen LogP contribution in [-0.4, -0.2) is 29.6 Å². The van der Waals surface area contributed by atoms with Gasteiger partial charge >= 0.3 is 5.97 Å². The second-order valence-electron chi connectivity index (χ2n) is 3.85. The minimum atomic E-state index is -1.10. The van der Waals surface area contributed by atoms with Gasteiger partial charge in [-0.15, -0.1) is 0 Å². The van der Waals surface area contributed by atoms with Gasteiger partial charge in [0, 0.05) is 0 Å². The summed E-state index contributed by atoms with van der Waals surface area (Å²) < 4.78 is 5.22. The number of carboxylic acid groups (broad SMARTS) is 1. The second-order valence-corrected chi connectivity index (χ2v) is 4.26. The number of ether oxygens (including phenoxy) is 1. The van der Waals surface area contributed by atoms with Crippen molar-refractivity contribution in [3.63, 3.8) is 0 Å². The van der Waals surface area contributed by atoms with Gasteiger partial charge in [-0.05, 0) is 31.5 Å². The van der Waals surface area contributed by atoms with Crippen LogP contribution in [0.2, 0.25) is 5.02 Å². The number of hydrogen-bond acceptors (Lipinski definition) is 3. The molecule has 18 heavy (non-hydrogen) atoms. The lowest BCUT2D eigenvalue weighted by Crippen LogP contribution is -2.40. The van der Waals surface area contributed by atoms with Gasteiger partial charge in [0.2, 0.25) is 0 Å². The van der Waals surface area contributed by atoms with E-state index in [9.17, 15) is 9.59 Å². The molecule has 1 aromatic rings. The van der Waals surface area contributed by atoms with Crippen LogP contribution in [0.5, 0.6) is 5.75 Å². The van der Waals surface area contributed by atoms with E-state index in [1.165, 1.54) is 6.92 Å². The predicted octanol–water partition coefficient (Wildman–Crippen LogP) is 1.62. The largest absolute Gasteiger partial charge is 0.482 e. The van der Waals surface area contributed by atoms with Crippen LogP contribution in [0.1, 0.15) is 12.5 Å². The molecule has 1 atom stereocenters. The number of halogens is 1. The molecule has 0 saturated heterocycles. The molecule has 1 amide bonds. The Morgan fingerprint density at radius 2 is 2.17 bits per heavy atom. The number of rotatable bonds is 5. The summed E-state index contributed by atoms with van der Waals surface area (Å²) in [5.74, 6) is -1.21. The molecule has 0 unspecified atom stereocenters. The quantitative estimate of drug-likeness (QED) is 0.853. The van der Waals surface area contributed by atoms with Crippen LogP contribution in [0, 0.1) is 6.92 Å². The number of carboxylic acids is 1. The summed E-state index contributed by atoms with van der Waals surface area (Å²) in [5.41, 5.74) is 0.953. The number of nitrogens with one attached hydrogen (secondary N) is 1. The third-order valence-corrected chi connectivity index (χ3v) is 2.51. The van der Waals surface area contributed by atoms with Crippen LogP contribution < -0.4 is 10.1 Å². The van der Waals surface area contributed by atoms with Crippen molar-refractivity contribution in [2.75, 3.05) is 6.61 Å². The van der Waals surface area contributed by atoms with Crippen LogP contribution >= 0.6 is 11.6 Å². The molecule has 1 aromatic carbocycles. The van der Waals surface area contributed by atoms with E-state index in [0.29, 0.717) is 10.8 Å². The van der Waals surface area contributed by atoms with Gasteiger partial charge in [-0.3, -0.25) is 9.59 Å². The van der Waals surface area contributed by atoms with E-state index in [-0.39, 0.29) is 6.61 Å². The molecule has 0 fully saturated rings. The highest BCUT2D eigenvalue weighted by atomic mass is 35.5. The molecule has 0 aliphatic carbocycles. The van der Waals surface area contributed by atoms with Gasteiger partial charge in [0.25, 0.3) is 5.91 Å². The Labute approximate surface area is 110 Å². The van der Waals surface area contributed by atoms with Gasteiger partial charge < -0.3 is 15.2 Å². The summed E-state index contributed by atoms with van der Waals surface area (Å²) in [6.45, 7) is 2.97. The van der Waals surface area contributed by atoms with E-state index < -0.39 is 17.9 Å². The van der Waals surface area contributed by atoms with Crippen molar-refractivity contribution in [2.24, 2.45) is 0 Å². The molecular formula is C12H14ClNO4. The van der Waals surface area contributed by atoms with Crippen LogP contribution in [0.4, 0.5) is 0 Å². The molecule has 98 valence electrons. The number of benzene rings is 1. The van der Waals surface area contributed by atoms with Crippen LogP contribution in [0.15, 0.2) is 18.2 Å². The Hall–Kier alpha value is -1.75. The van der Waals surface area contributed by atoms with E-state index in [1.807, 2.05) is 13.0 Å². The first-order chi connectivity index (χ1) is 8.40. The lowest BCUT2D eigenvalue weighted by Gasteiger charge is -2.11. The van der Waals surface area contributed by atoms with Gasteiger partial charge in [-0.2, -0.15) is 0 Å². The highest BCUT2D eigenvalue weighted by Gasteiger charge is 2.14. The molecule has 6 heteroatoms. The SMILES string of the molecule is Cc1ccc(Cl)c(OCC(=O)N[C@@H](C)C(=O)O)c1. The van der Waals surface area contributed by atoms with Crippen molar-refractivity contribution < 1.29 is 19.4 Å². The van der Waals surface area contributed by atoms with Gasteiger partial charge in [-0.1, -0.05) is 17.7 Å². The van der Waals surface area contributed by atoms with Crippen LogP contribution in [0.25, 0.3) is 0 Å². The molecule has 0 aliphatic heterocycles. The van der Waals surface area contributed by atoms with Crippen molar-refractivity contribution in [2.45, 2.75) is 19.9 Å². The molecule has 2 N–H and O–H groups in total. The van der Waals surface area contributed by atoms with Crippen molar-refractivity contribution >= 4 is 23.5 Å². The Kier molecular flexibility index (Phi) is 4.97. The van der Waals surface area contributed by atoms with Gasteiger partial charge in [0.15, 0.2) is 6.61 Å². The lowest BCUT2D eigenvalue weighted by molar-refractivity contribution is -0.141. The van der Waals surface area contributed by atoms with Crippen molar-refractivity contribution in [3.05, 3.63) is 28.8 Å². The zero-order valence-electron chi connectivity index (χ0n) is 10.1. The monoisotopic (exact) mass is 271 g/mol. The molecule has 0 heterocycles. The maximum atomic E-state index is 11.4. The van der Waals surface area contributed by atoms with E-state index in [2.05, 4.69) is 5.32 Å². The first kappa shape index (κ1) is 14.3. The molecule has 0 radical (unpaired) electrons. The fraction of sp³-hybridized carbons (Fsp3) is 0.333. The molecular weight excluding hydrogens is 258 g/mol. The molecule has 0 aliphatic rings. The van der Waals surface area contributed by atoms with Gasteiger partial charge in [0.1, 0.15) is 11.8 Å². The third-order valence-electron chi connectivity index (χ3n) is 2.19. The van der Waals surface area contributed by atoms with E-state index in [0.717, 1.165) is 5.56 Å². The minimum absolute atomic E-state index is 0.277. The molecule has 5 nitrogen and oxygen atoms in total. The van der Waals surface area contributed by atoms with Gasteiger partial charge in [-0.25, -0.2) is 0 Å². The minimum Gasteiger partial charge on any atom is -0.482 e. The lowest BCUT2D eigenvalue weighted by atomic mass is 10.2. The van der Waals surface area contributed by atoms with Crippen molar-refractivity contribution in [1.29, 1.82) is 0 Å². The Balaban J connectivity index is 2.52. The van der Waals surface area contributed by atoms with Crippen molar-refractivity contribution in [3.8, 4) is 5.75 Å². The highest BCUT2D eigenvalue weighted by molar-refractivity contribution is 6.32. The van der Waals surface area contributed by atoms with Gasteiger partial charge in [0.05, 0.1) is 5.02 Å². The zero-order chi connectivity index (χ0) is 13.7. The third kappa shape index (κ3) is 4.25. The summed E-state index contributed by atoms with van der Waals surface area (Å²) in [6, 6.07) is 4.25. The molecule has 0 spiro atoms. The number of amides is 1. The first-order valence-corrected chi connectivity index (χ1v) is 5.69. The number of aryl methyl sites for hydroxylation is 1. The second kappa shape index (κ2) is 6.26. The molecule has 1 rings (SSSR count). The molecule has 0 aromatic heterocycles. The van der Waals surface area contributed by atoms with Crippen LogP contribution in [0.3, 0.4) is 0 Å². The zero-order valence-corrected chi connectivity index (χ0v) is 10.8. The molecule has 0 bridgehead atoms. The summed E-state index contributed by atoms with van der Waals surface area (Å²) in [5, 5.41) is 11.3. The Morgan fingerprint density at radius 3 is 2.78 bits per heavy atom. The Bertz CT molecular complexity index is 461. The summed E-state index contributed by atoms with van der Waals surface area (Å²) >= 11 is 5.89. The Morgan fingerprint density at radius 1 is 1.50 bits per heavy atom. The predicted molar refractivity (Wildman–Crippen MR) is 66.9 cm³/mol.